The van der Waals surface area contributed by atoms with Crippen LogP contribution in [0.15, 0.2) is 41.3 Å². The molecule has 2 rings (SSSR count). The monoisotopic (exact) mass is 370 g/mol. The van der Waals surface area contributed by atoms with Crippen LogP contribution in [-0.2, 0) is 4.79 Å². The Morgan fingerprint density at radius 1 is 1.26 bits per heavy atom. The van der Waals surface area contributed by atoms with Gasteiger partial charge in [0.05, 0.1) is 21.4 Å². The number of nitrogens with zero attached hydrogens (tertiary/aromatic N) is 1. The number of amides is 1. The minimum absolute atomic E-state index is 0.0727. The largest absolute Gasteiger partial charge is 0.325 e. The normalized spacial score (nSPS) is 10.4. The van der Waals surface area contributed by atoms with Gasteiger partial charge in [-0.25, -0.2) is 0 Å². The van der Waals surface area contributed by atoms with E-state index in [-0.39, 0.29) is 17.3 Å². The number of nitro groups is 1. The number of rotatable bonds is 5. The molecule has 0 heterocycles. The topological polar surface area (TPSA) is 72.2 Å². The second-order valence-corrected chi connectivity index (χ2v) is 6.53. The number of carbonyl (C=O) groups excluding carboxylic acids is 1. The molecule has 0 aliphatic carbocycles. The molecule has 0 saturated carbocycles. The summed E-state index contributed by atoms with van der Waals surface area (Å²) in [6.45, 7) is 1.76. The fourth-order valence-electron chi connectivity index (χ4n) is 1.78. The van der Waals surface area contributed by atoms with Crippen molar-refractivity contribution in [3.05, 3.63) is 62.1 Å². The van der Waals surface area contributed by atoms with Crippen molar-refractivity contribution in [2.24, 2.45) is 0 Å². The Hall–Kier alpha value is -1.76. The van der Waals surface area contributed by atoms with Gasteiger partial charge in [-0.2, -0.15) is 0 Å². The molecule has 0 unspecified atom stereocenters. The number of benzene rings is 2. The molecule has 0 saturated heterocycles. The number of nitro benzene ring substituents is 1. The predicted octanol–water partition coefficient (Wildman–Crippen LogP) is 4.94. The van der Waals surface area contributed by atoms with Crippen LogP contribution in [0.1, 0.15) is 5.56 Å². The van der Waals surface area contributed by atoms with Gasteiger partial charge >= 0.3 is 0 Å². The van der Waals surface area contributed by atoms with E-state index in [0.717, 1.165) is 5.56 Å². The van der Waals surface area contributed by atoms with Crippen LogP contribution < -0.4 is 5.32 Å². The molecule has 0 spiro atoms. The third-order valence-electron chi connectivity index (χ3n) is 2.96. The van der Waals surface area contributed by atoms with Crippen LogP contribution in [0.2, 0.25) is 10.0 Å². The van der Waals surface area contributed by atoms with Gasteiger partial charge in [0.25, 0.3) is 5.69 Å². The van der Waals surface area contributed by atoms with Gasteiger partial charge in [0, 0.05) is 22.1 Å². The smallest absolute Gasteiger partial charge is 0.271 e. The van der Waals surface area contributed by atoms with E-state index in [1.165, 1.54) is 23.9 Å². The summed E-state index contributed by atoms with van der Waals surface area (Å²) in [6, 6.07) is 9.33. The van der Waals surface area contributed by atoms with Crippen LogP contribution in [0.25, 0.3) is 0 Å². The van der Waals surface area contributed by atoms with E-state index >= 15 is 0 Å². The van der Waals surface area contributed by atoms with E-state index < -0.39 is 4.92 Å². The summed E-state index contributed by atoms with van der Waals surface area (Å²) in [6.07, 6.45) is 0. The fourth-order valence-corrected chi connectivity index (χ4v) is 3.07. The predicted molar refractivity (Wildman–Crippen MR) is 93.6 cm³/mol. The maximum absolute atomic E-state index is 12.0. The van der Waals surface area contributed by atoms with Crippen molar-refractivity contribution in [2.75, 3.05) is 11.1 Å². The van der Waals surface area contributed by atoms with Gasteiger partial charge in [0.15, 0.2) is 0 Å². The van der Waals surface area contributed by atoms with E-state index in [1.807, 2.05) is 0 Å². The van der Waals surface area contributed by atoms with Crippen LogP contribution in [0.4, 0.5) is 11.4 Å². The molecule has 120 valence electrons. The molecule has 1 amide bonds. The molecule has 23 heavy (non-hydrogen) atoms. The number of hydrogen-bond donors (Lipinski definition) is 1. The maximum atomic E-state index is 12.0. The van der Waals surface area contributed by atoms with Gasteiger partial charge < -0.3 is 5.32 Å². The van der Waals surface area contributed by atoms with Gasteiger partial charge in [-0.3, -0.25) is 14.9 Å². The molecule has 0 atom stereocenters. The Balaban J connectivity index is 2.04. The molecule has 1 N–H and O–H groups in total. The van der Waals surface area contributed by atoms with E-state index in [4.69, 9.17) is 23.2 Å². The minimum Gasteiger partial charge on any atom is -0.325 e. The van der Waals surface area contributed by atoms with Crippen LogP contribution >= 0.6 is 35.0 Å². The summed E-state index contributed by atoms with van der Waals surface area (Å²) in [7, 11) is 0. The summed E-state index contributed by atoms with van der Waals surface area (Å²) >= 11 is 13.2. The highest BCUT2D eigenvalue weighted by Gasteiger charge is 2.12. The molecule has 5 nitrogen and oxygen atoms in total. The Morgan fingerprint density at radius 2 is 2.00 bits per heavy atom. The van der Waals surface area contributed by atoms with Crippen molar-refractivity contribution < 1.29 is 9.72 Å². The van der Waals surface area contributed by atoms with Gasteiger partial charge in [0.2, 0.25) is 5.91 Å². The lowest BCUT2D eigenvalue weighted by atomic mass is 10.2. The first-order chi connectivity index (χ1) is 10.9. The highest BCUT2D eigenvalue weighted by molar-refractivity contribution is 8.00. The highest BCUT2D eigenvalue weighted by atomic mass is 35.5. The van der Waals surface area contributed by atoms with Gasteiger partial charge in [-0.05, 0) is 30.7 Å². The number of aryl methyl sites for hydroxylation is 1. The number of carbonyl (C=O) groups is 1. The fraction of sp³-hybridized carbons (Fsp3) is 0.133. The third-order valence-corrected chi connectivity index (χ3v) is 4.69. The van der Waals surface area contributed by atoms with Gasteiger partial charge in [-0.1, -0.05) is 29.3 Å². The summed E-state index contributed by atoms with van der Waals surface area (Å²) in [5.41, 5.74) is 1.09. The molecule has 2 aromatic carbocycles. The quantitative estimate of drug-likeness (QED) is 0.459. The lowest BCUT2D eigenvalue weighted by Gasteiger charge is -2.09. The van der Waals surface area contributed by atoms with Crippen molar-refractivity contribution in [1.29, 1.82) is 0 Å². The SMILES string of the molecule is Cc1ccc([N+](=O)[O-])cc1NC(=O)CSc1cc(Cl)ccc1Cl. The van der Waals surface area contributed by atoms with Crippen molar-refractivity contribution in [3.8, 4) is 0 Å². The number of hydrogen-bond acceptors (Lipinski definition) is 4. The number of thioether (sulfide) groups is 1. The van der Waals surface area contributed by atoms with E-state index in [0.29, 0.717) is 20.6 Å². The second kappa shape index (κ2) is 7.68. The molecule has 0 aliphatic heterocycles. The van der Waals surface area contributed by atoms with E-state index in [1.54, 1.807) is 31.2 Å². The van der Waals surface area contributed by atoms with Crippen molar-refractivity contribution in [2.45, 2.75) is 11.8 Å². The Morgan fingerprint density at radius 3 is 2.70 bits per heavy atom. The van der Waals surface area contributed by atoms with Gasteiger partial charge in [0.1, 0.15) is 0 Å². The number of non-ortho nitro benzene ring substituents is 1. The molecule has 8 heteroatoms. The van der Waals surface area contributed by atoms with Crippen LogP contribution in [0.5, 0.6) is 0 Å². The lowest BCUT2D eigenvalue weighted by Crippen LogP contribution is -2.15. The van der Waals surface area contributed by atoms with Crippen molar-refractivity contribution >= 4 is 52.2 Å². The zero-order valence-electron chi connectivity index (χ0n) is 12.0. The van der Waals surface area contributed by atoms with Crippen LogP contribution in [0.3, 0.4) is 0 Å². The summed E-state index contributed by atoms with van der Waals surface area (Å²) in [4.78, 5) is 23.0. The first-order valence-corrected chi connectivity index (χ1v) is 8.23. The van der Waals surface area contributed by atoms with Crippen LogP contribution in [-0.4, -0.2) is 16.6 Å². The molecule has 0 fully saturated rings. The standard InChI is InChI=1S/C15H12Cl2N2O3S/c1-9-2-4-11(19(21)22)7-13(9)18-15(20)8-23-14-6-10(16)3-5-12(14)17/h2-7H,8H2,1H3,(H,18,20). The zero-order chi connectivity index (χ0) is 17.0. The Kier molecular flexibility index (Phi) is 5.87. The van der Waals surface area contributed by atoms with E-state index in [2.05, 4.69) is 5.32 Å². The van der Waals surface area contributed by atoms with Crippen molar-refractivity contribution in [1.82, 2.24) is 0 Å². The average molecular weight is 371 g/mol. The van der Waals surface area contributed by atoms with Gasteiger partial charge in [-0.15, -0.1) is 11.8 Å². The average Bonchev–Trinajstić information content (AvgIpc) is 2.50. The number of nitrogens with one attached hydrogen (secondary N) is 1. The molecule has 0 aromatic heterocycles. The number of halogens is 2. The van der Waals surface area contributed by atoms with Crippen molar-refractivity contribution in [3.63, 3.8) is 0 Å². The Labute approximate surface area is 147 Å². The summed E-state index contributed by atoms with van der Waals surface area (Å²) < 4.78 is 0. The highest BCUT2D eigenvalue weighted by Crippen LogP contribution is 2.30. The zero-order valence-corrected chi connectivity index (χ0v) is 14.3. The van der Waals surface area contributed by atoms with E-state index in [9.17, 15) is 14.9 Å². The van der Waals surface area contributed by atoms with Crippen LogP contribution in [0, 0.1) is 17.0 Å². The third kappa shape index (κ3) is 4.86. The lowest BCUT2D eigenvalue weighted by molar-refractivity contribution is -0.384. The summed E-state index contributed by atoms with van der Waals surface area (Å²) in [5, 5.41) is 14.5. The maximum Gasteiger partial charge on any atom is 0.271 e. The first-order valence-electron chi connectivity index (χ1n) is 6.49. The first kappa shape index (κ1) is 17.6. The molecule has 0 bridgehead atoms. The summed E-state index contributed by atoms with van der Waals surface area (Å²) in [5.74, 6) is -0.169. The number of anilines is 1. The second-order valence-electron chi connectivity index (χ2n) is 4.67. The molecule has 0 radical (unpaired) electrons. The molecular weight excluding hydrogens is 359 g/mol. The minimum atomic E-state index is -0.504. The molecular formula is C15H12Cl2N2O3S. The molecule has 2 aromatic rings. The molecule has 0 aliphatic rings. The Bertz CT molecular complexity index is 768.